The summed E-state index contributed by atoms with van der Waals surface area (Å²) < 4.78 is 8.37. The fourth-order valence-electron chi connectivity index (χ4n) is 4.10. The predicted octanol–water partition coefficient (Wildman–Crippen LogP) is 7.55. The maximum Gasteiger partial charge on any atom is 0.282 e. The van der Waals surface area contributed by atoms with Gasteiger partial charge in [0.25, 0.3) is 5.56 Å². The van der Waals surface area contributed by atoms with Crippen molar-refractivity contribution in [1.82, 2.24) is 9.66 Å². The third-order valence-electron chi connectivity index (χ3n) is 5.90. The highest BCUT2D eigenvalue weighted by Gasteiger charge is 2.14. The van der Waals surface area contributed by atoms with Crippen molar-refractivity contribution in [2.45, 2.75) is 26.4 Å². The number of ether oxygens (including phenoxy) is 1. The van der Waals surface area contributed by atoms with Crippen LogP contribution in [0.4, 0.5) is 0 Å². The zero-order chi connectivity index (χ0) is 25.2. The Bertz CT molecular complexity index is 1670. The van der Waals surface area contributed by atoms with Crippen LogP contribution in [0.3, 0.4) is 0 Å². The van der Waals surface area contributed by atoms with Gasteiger partial charge in [-0.05, 0) is 52.7 Å². The lowest BCUT2D eigenvalue weighted by molar-refractivity contribution is 0.307. The quantitative estimate of drug-likeness (QED) is 0.202. The van der Waals surface area contributed by atoms with Crippen LogP contribution in [0.1, 0.15) is 36.7 Å². The van der Waals surface area contributed by atoms with E-state index in [0.29, 0.717) is 39.7 Å². The van der Waals surface area contributed by atoms with E-state index in [9.17, 15) is 4.79 Å². The molecule has 0 amide bonds. The Balaban J connectivity index is 1.52. The molecule has 0 aliphatic heterocycles. The minimum Gasteiger partial charge on any atom is -0.488 e. The van der Waals surface area contributed by atoms with Crippen molar-refractivity contribution in [3.63, 3.8) is 0 Å². The van der Waals surface area contributed by atoms with E-state index >= 15 is 0 Å². The van der Waals surface area contributed by atoms with Gasteiger partial charge < -0.3 is 4.74 Å². The Morgan fingerprint density at radius 3 is 2.67 bits per heavy atom. The highest BCUT2D eigenvalue weighted by atomic mass is 79.9. The molecule has 5 aromatic rings. The maximum atomic E-state index is 13.3. The van der Waals surface area contributed by atoms with Gasteiger partial charge in [-0.25, -0.2) is 4.98 Å². The van der Waals surface area contributed by atoms with Crippen molar-refractivity contribution in [3.8, 4) is 5.75 Å². The molecular formula is C29H23BrClN3O2. The largest absolute Gasteiger partial charge is 0.488 e. The van der Waals surface area contributed by atoms with Crippen LogP contribution >= 0.6 is 27.5 Å². The topological polar surface area (TPSA) is 56.5 Å². The zero-order valence-corrected chi connectivity index (χ0v) is 22.1. The van der Waals surface area contributed by atoms with Crippen LogP contribution in [0.5, 0.6) is 5.75 Å². The van der Waals surface area contributed by atoms with E-state index in [0.717, 1.165) is 20.8 Å². The first-order valence-electron chi connectivity index (χ1n) is 11.6. The van der Waals surface area contributed by atoms with E-state index in [-0.39, 0.29) is 11.5 Å². The van der Waals surface area contributed by atoms with Crippen LogP contribution < -0.4 is 10.3 Å². The van der Waals surface area contributed by atoms with Gasteiger partial charge in [-0.1, -0.05) is 83.8 Å². The van der Waals surface area contributed by atoms with Crippen LogP contribution in [0, 0.1) is 0 Å². The van der Waals surface area contributed by atoms with Crippen molar-refractivity contribution in [2.75, 3.05) is 0 Å². The summed E-state index contributed by atoms with van der Waals surface area (Å²) in [5.74, 6) is 1.18. The molecule has 180 valence electrons. The Kier molecular flexibility index (Phi) is 6.90. The monoisotopic (exact) mass is 559 g/mol. The summed E-state index contributed by atoms with van der Waals surface area (Å²) in [5, 5.41) is 7.89. The van der Waals surface area contributed by atoms with Gasteiger partial charge in [0.2, 0.25) is 0 Å². The lowest BCUT2D eigenvalue weighted by Gasteiger charge is -2.13. The minimum atomic E-state index is -0.235. The van der Waals surface area contributed by atoms with E-state index in [1.807, 2.05) is 50.2 Å². The molecule has 0 atom stereocenters. The molecule has 0 fully saturated rings. The van der Waals surface area contributed by atoms with Crippen LogP contribution in [-0.2, 0) is 6.61 Å². The minimum absolute atomic E-state index is 0.00987. The first-order valence-corrected chi connectivity index (χ1v) is 12.7. The summed E-state index contributed by atoms with van der Waals surface area (Å²) in [6.45, 7) is 4.35. The normalized spacial score (nSPS) is 11.7. The molecule has 0 unspecified atom stereocenters. The fourth-order valence-corrected chi connectivity index (χ4v) is 4.64. The van der Waals surface area contributed by atoms with Gasteiger partial charge in [0, 0.05) is 21.0 Å². The third kappa shape index (κ3) is 4.92. The number of halogens is 2. The number of nitrogens with zero attached hydrogens (tertiary/aromatic N) is 3. The summed E-state index contributed by atoms with van der Waals surface area (Å²) in [6.07, 6.45) is 1.60. The number of fused-ring (bicyclic) bond motifs is 2. The molecule has 7 heteroatoms. The molecule has 0 aliphatic rings. The Labute approximate surface area is 222 Å². The lowest BCUT2D eigenvalue weighted by atomic mass is 10.1. The van der Waals surface area contributed by atoms with E-state index in [4.69, 9.17) is 21.3 Å². The lowest BCUT2D eigenvalue weighted by Crippen LogP contribution is -2.23. The van der Waals surface area contributed by atoms with E-state index < -0.39 is 0 Å². The number of benzene rings is 4. The second-order valence-electron chi connectivity index (χ2n) is 8.76. The predicted molar refractivity (Wildman–Crippen MR) is 151 cm³/mol. The van der Waals surface area contributed by atoms with Gasteiger partial charge in [0.05, 0.1) is 17.1 Å². The van der Waals surface area contributed by atoms with Crippen LogP contribution in [0.15, 0.2) is 93.2 Å². The molecule has 0 saturated heterocycles. The Morgan fingerprint density at radius 1 is 1.03 bits per heavy atom. The summed E-state index contributed by atoms with van der Waals surface area (Å²) in [6, 6.07) is 25.2. The van der Waals surface area contributed by atoms with Gasteiger partial charge in [-0.2, -0.15) is 9.78 Å². The van der Waals surface area contributed by atoms with Gasteiger partial charge in [0.1, 0.15) is 18.2 Å². The molecule has 0 bridgehead atoms. The SMILES string of the molecule is CC(C)c1nc2ccc(Br)cc2c(=O)n1N=Cc1cc(Cl)ccc1OCc1cccc2ccccc12. The standard InChI is InChI=1S/C29H23BrClN3O2/c1-18(2)28-33-26-12-10-22(30)15-25(26)29(35)34(28)32-16-21-14-23(31)11-13-27(21)36-17-20-8-5-7-19-6-3-4-9-24(19)20/h3-16,18H,17H2,1-2H3. The highest BCUT2D eigenvalue weighted by molar-refractivity contribution is 9.10. The molecule has 36 heavy (non-hydrogen) atoms. The average Bonchev–Trinajstić information content (AvgIpc) is 2.87. The van der Waals surface area contributed by atoms with Crippen molar-refractivity contribution in [2.24, 2.45) is 5.10 Å². The Morgan fingerprint density at radius 2 is 1.83 bits per heavy atom. The van der Waals surface area contributed by atoms with Crippen molar-refractivity contribution >= 4 is 55.4 Å². The first-order chi connectivity index (χ1) is 17.4. The Hall–Kier alpha value is -3.48. The molecule has 1 aromatic heterocycles. The number of hydrogen-bond acceptors (Lipinski definition) is 4. The van der Waals surface area contributed by atoms with Crippen molar-refractivity contribution in [3.05, 3.63) is 116 Å². The molecule has 5 rings (SSSR count). The summed E-state index contributed by atoms with van der Waals surface area (Å²) in [5.41, 5.74) is 2.15. The zero-order valence-electron chi connectivity index (χ0n) is 19.8. The number of rotatable bonds is 6. The maximum absolute atomic E-state index is 13.3. The van der Waals surface area contributed by atoms with E-state index in [1.165, 1.54) is 4.68 Å². The number of hydrogen-bond donors (Lipinski definition) is 0. The third-order valence-corrected chi connectivity index (χ3v) is 6.63. The van der Waals surface area contributed by atoms with Crippen LogP contribution in [-0.4, -0.2) is 15.9 Å². The molecular weight excluding hydrogens is 538 g/mol. The molecule has 4 aromatic carbocycles. The van der Waals surface area contributed by atoms with Crippen LogP contribution in [0.25, 0.3) is 21.7 Å². The molecule has 1 heterocycles. The van der Waals surface area contributed by atoms with Gasteiger partial charge in [-0.15, -0.1) is 0 Å². The summed E-state index contributed by atoms with van der Waals surface area (Å²) >= 11 is 9.74. The molecule has 0 saturated carbocycles. The molecule has 0 aliphatic carbocycles. The summed E-state index contributed by atoms with van der Waals surface area (Å²) in [4.78, 5) is 18.1. The second kappa shape index (κ2) is 10.2. The van der Waals surface area contributed by atoms with Crippen molar-refractivity contribution < 1.29 is 4.74 Å². The van der Waals surface area contributed by atoms with Gasteiger partial charge in [0.15, 0.2) is 0 Å². The molecule has 5 nitrogen and oxygen atoms in total. The van der Waals surface area contributed by atoms with E-state index in [2.05, 4.69) is 45.3 Å². The van der Waals surface area contributed by atoms with E-state index in [1.54, 1.807) is 24.4 Å². The highest BCUT2D eigenvalue weighted by Crippen LogP contribution is 2.25. The summed E-state index contributed by atoms with van der Waals surface area (Å²) in [7, 11) is 0. The van der Waals surface area contributed by atoms with Gasteiger partial charge >= 0.3 is 0 Å². The fraction of sp³-hybridized carbons (Fsp3) is 0.138. The molecule has 0 spiro atoms. The molecule has 0 N–H and O–H groups in total. The number of aromatic nitrogens is 2. The second-order valence-corrected chi connectivity index (χ2v) is 10.1. The van der Waals surface area contributed by atoms with Gasteiger partial charge in [-0.3, -0.25) is 4.79 Å². The smallest absolute Gasteiger partial charge is 0.282 e. The van der Waals surface area contributed by atoms with Crippen LogP contribution in [0.2, 0.25) is 5.02 Å². The van der Waals surface area contributed by atoms with Crippen molar-refractivity contribution in [1.29, 1.82) is 0 Å². The molecule has 0 radical (unpaired) electrons. The average molecular weight is 561 g/mol. The first kappa shape index (κ1) is 24.2.